The number of methoxy groups -OCH3 is 1. The van der Waals surface area contributed by atoms with Crippen LogP contribution in [0.3, 0.4) is 0 Å². The van der Waals surface area contributed by atoms with Gasteiger partial charge in [-0.05, 0) is 42.0 Å². The molecular weight excluding hydrogens is 490 g/mol. The van der Waals surface area contributed by atoms with Crippen LogP contribution in [0.5, 0.6) is 11.5 Å². The second kappa shape index (κ2) is 9.70. The van der Waals surface area contributed by atoms with Gasteiger partial charge in [0.1, 0.15) is 17.4 Å². The molecule has 11 heteroatoms. The summed E-state index contributed by atoms with van der Waals surface area (Å²) in [6.45, 7) is -0.0394. The van der Waals surface area contributed by atoms with Crippen LogP contribution in [-0.2, 0) is 13.2 Å². The molecule has 0 saturated carbocycles. The Morgan fingerprint density at radius 3 is 2.56 bits per heavy atom. The van der Waals surface area contributed by atoms with Crippen LogP contribution < -0.4 is 20.7 Å². The highest BCUT2D eigenvalue weighted by Crippen LogP contribution is 2.34. The van der Waals surface area contributed by atoms with Crippen LogP contribution in [0.1, 0.15) is 10.6 Å². The minimum Gasteiger partial charge on any atom is -0.497 e. The molecule has 3 aromatic carbocycles. The summed E-state index contributed by atoms with van der Waals surface area (Å²) in [6.07, 6.45) is 0. The molecular formula is C25H18F2N4O4S. The fraction of sp³-hybridized carbons (Fsp3) is 0.120. The van der Waals surface area contributed by atoms with E-state index in [1.165, 1.54) is 10.6 Å². The predicted octanol–water partition coefficient (Wildman–Crippen LogP) is 4.12. The maximum atomic E-state index is 15.3. The van der Waals surface area contributed by atoms with Gasteiger partial charge in [-0.15, -0.1) is 10.2 Å². The van der Waals surface area contributed by atoms with Crippen LogP contribution in [0.2, 0.25) is 0 Å². The van der Waals surface area contributed by atoms with E-state index in [9.17, 15) is 14.0 Å². The normalized spacial score (nSPS) is 11.1. The van der Waals surface area contributed by atoms with E-state index < -0.39 is 28.6 Å². The van der Waals surface area contributed by atoms with Crippen molar-refractivity contribution >= 4 is 22.2 Å². The van der Waals surface area contributed by atoms with Crippen LogP contribution in [0.4, 0.5) is 8.78 Å². The molecule has 2 heterocycles. The molecule has 5 aromatic rings. The number of halogens is 2. The predicted molar refractivity (Wildman–Crippen MR) is 131 cm³/mol. The quantitative estimate of drug-likeness (QED) is 0.355. The number of para-hydroxylation sites is 1. The third-order valence-electron chi connectivity index (χ3n) is 5.49. The van der Waals surface area contributed by atoms with Gasteiger partial charge < -0.3 is 9.47 Å². The number of benzene rings is 3. The van der Waals surface area contributed by atoms with Crippen molar-refractivity contribution in [3.63, 3.8) is 0 Å². The second-order valence-corrected chi connectivity index (χ2v) is 8.80. The first-order valence-corrected chi connectivity index (χ1v) is 11.5. The molecule has 182 valence electrons. The van der Waals surface area contributed by atoms with E-state index in [2.05, 4.69) is 15.2 Å². The maximum Gasteiger partial charge on any atom is 0.329 e. The number of rotatable bonds is 7. The van der Waals surface area contributed by atoms with Crippen LogP contribution in [0.25, 0.3) is 21.5 Å². The van der Waals surface area contributed by atoms with Gasteiger partial charge >= 0.3 is 5.69 Å². The summed E-state index contributed by atoms with van der Waals surface area (Å²) in [5.74, 6) is -1.62. The summed E-state index contributed by atoms with van der Waals surface area (Å²) in [5, 5.41) is 9.04. The highest BCUT2D eigenvalue weighted by molar-refractivity contribution is 7.14. The highest BCUT2D eigenvalue weighted by atomic mass is 32.1. The fourth-order valence-electron chi connectivity index (χ4n) is 3.67. The number of hydrogen-bond donors (Lipinski definition) is 1. The van der Waals surface area contributed by atoms with Crippen molar-refractivity contribution in [1.29, 1.82) is 0 Å². The molecule has 0 aliphatic rings. The van der Waals surface area contributed by atoms with Gasteiger partial charge in [0.05, 0.1) is 30.1 Å². The summed E-state index contributed by atoms with van der Waals surface area (Å²) in [5.41, 5.74) is 0.0727. The average Bonchev–Trinajstić information content (AvgIpc) is 3.35. The number of ether oxygens (including phenoxy) is 2. The lowest BCUT2D eigenvalue weighted by Gasteiger charge is -2.11. The van der Waals surface area contributed by atoms with Gasteiger partial charge in [0.2, 0.25) is 0 Å². The molecule has 8 nitrogen and oxygen atoms in total. The van der Waals surface area contributed by atoms with E-state index in [4.69, 9.17) is 9.47 Å². The van der Waals surface area contributed by atoms with E-state index >= 15 is 4.39 Å². The number of aromatic amines is 1. The molecule has 2 aromatic heterocycles. The average molecular weight is 509 g/mol. The molecule has 5 rings (SSSR count). The Morgan fingerprint density at radius 1 is 1.00 bits per heavy atom. The van der Waals surface area contributed by atoms with E-state index in [0.717, 1.165) is 17.4 Å². The Morgan fingerprint density at radius 2 is 1.78 bits per heavy atom. The Labute approximate surface area is 206 Å². The molecule has 0 saturated heterocycles. The Bertz CT molecular complexity index is 1680. The van der Waals surface area contributed by atoms with E-state index in [0.29, 0.717) is 27.2 Å². The second-order valence-electron chi connectivity index (χ2n) is 7.74. The van der Waals surface area contributed by atoms with Crippen LogP contribution in [0, 0.1) is 11.6 Å². The van der Waals surface area contributed by atoms with E-state index in [-0.39, 0.29) is 23.7 Å². The van der Waals surface area contributed by atoms with Crippen LogP contribution in [0.15, 0.2) is 70.3 Å². The summed E-state index contributed by atoms with van der Waals surface area (Å²) in [7, 11) is 1.54. The number of fused-ring (bicyclic) bond motifs is 1. The zero-order chi connectivity index (χ0) is 25.2. The zero-order valence-electron chi connectivity index (χ0n) is 18.8. The summed E-state index contributed by atoms with van der Waals surface area (Å²) >= 11 is 1.04. The summed E-state index contributed by atoms with van der Waals surface area (Å²) in [6, 6.07) is 15.9. The van der Waals surface area contributed by atoms with Crippen molar-refractivity contribution in [1.82, 2.24) is 19.7 Å². The van der Waals surface area contributed by atoms with Gasteiger partial charge in [-0.25, -0.2) is 13.6 Å². The maximum absolute atomic E-state index is 15.3. The first-order valence-electron chi connectivity index (χ1n) is 10.7. The van der Waals surface area contributed by atoms with Crippen molar-refractivity contribution in [3.05, 3.63) is 104 Å². The van der Waals surface area contributed by atoms with Gasteiger partial charge in [-0.3, -0.25) is 14.3 Å². The van der Waals surface area contributed by atoms with Crippen molar-refractivity contribution in [2.45, 2.75) is 13.2 Å². The lowest BCUT2D eigenvalue weighted by atomic mass is 10.2. The third kappa shape index (κ3) is 4.48. The standard InChI is InChI=1S/C25H18F2N4O4S/c1-34-15-8-6-14(7-9-15)13-35-22-18(26)11-10-17(21(22)27)24-30-29-20(36-24)12-31-19-5-3-2-4-16(19)23(32)28-25(31)33/h2-11H,12-13H2,1H3,(H,28,32,33). The smallest absolute Gasteiger partial charge is 0.329 e. The Balaban J connectivity index is 1.42. The molecule has 0 atom stereocenters. The molecule has 0 aliphatic heterocycles. The number of nitrogens with one attached hydrogen (secondary N) is 1. The molecule has 0 bridgehead atoms. The van der Waals surface area contributed by atoms with Gasteiger partial charge in [0.25, 0.3) is 5.56 Å². The van der Waals surface area contributed by atoms with Crippen molar-refractivity contribution < 1.29 is 18.3 Å². The third-order valence-corrected chi connectivity index (χ3v) is 6.43. The lowest BCUT2D eigenvalue weighted by Crippen LogP contribution is -2.30. The molecule has 0 amide bonds. The SMILES string of the molecule is COc1ccc(COc2c(F)ccc(-c3nnc(Cn4c(=O)[nH]c(=O)c5ccccc54)s3)c2F)cc1. The number of H-pyrrole nitrogens is 1. The number of aromatic nitrogens is 4. The Kier molecular flexibility index (Phi) is 6.30. The number of hydrogen-bond acceptors (Lipinski definition) is 7. The highest BCUT2D eigenvalue weighted by Gasteiger charge is 2.20. The molecule has 0 fully saturated rings. The first kappa shape index (κ1) is 23.4. The number of nitrogens with zero attached hydrogens (tertiary/aromatic N) is 3. The zero-order valence-corrected chi connectivity index (χ0v) is 19.6. The van der Waals surface area contributed by atoms with Crippen LogP contribution in [-0.4, -0.2) is 26.9 Å². The van der Waals surface area contributed by atoms with Crippen molar-refractivity contribution in [2.24, 2.45) is 0 Å². The minimum atomic E-state index is -0.905. The summed E-state index contributed by atoms with van der Waals surface area (Å²) in [4.78, 5) is 26.8. The molecule has 1 N–H and O–H groups in total. The van der Waals surface area contributed by atoms with Crippen molar-refractivity contribution in [2.75, 3.05) is 7.11 Å². The first-order chi connectivity index (χ1) is 17.4. The van der Waals surface area contributed by atoms with Gasteiger partial charge in [0, 0.05) is 0 Å². The largest absolute Gasteiger partial charge is 0.497 e. The molecule has 0 unspecified atom stereocenters. The van der Waals surface area contributed by atoms with Gasteiger partial charge in [0.15, 0.2) is 22.4 Å². The molecule has 0 spiro atoms. The topological polar surface area (TPSA) is 99.1 Å². The van der Waals surface area contributed by atoms with Gasteiger partial charge in [-0.1, -0.05) is 35.6 Å². The molecule has 0 radical (unpaired) electrons. The Hall–Kier alpha value is -4.38. The van der Waals surface area contributed by atoms with E-state index in [1.54, 1.807) is 55.6 Å². The monoisotopic (exact) mass is 508 g/mol. The lowest BCUT2D eigenvalue weighted by molar-refractivity contribution is 0.274. The minimum absolute atomic E-state index is 0.0113. The fourth-order valence-corrected chi connectivity index (χ4v) is 4.52. The summed E-state index contributed by atoms with van der Waals surface area (Å²) < 4.78 is 41.6. The van der Waals surface area contributed by atoms with Crippen molar-refractivity contribution in [3.8, 4) is 22.1 Å². The molecule has 0 aliphatic carbocycles. The molecule has 36 heavy (non-hydrogen) atoms. The van der Waals surface area contributed by atoms with Crippen LogP contribution >= 0.6 is 11.3 Å². The van der Waals surface area contributed by atoms with Gasteiger partial charge in [-0.2, -0.15) is 0 Å². The van der Waals surface area contributed by atoms with E-state index in [1.807, 2.05) is 0 Å².